The number of ether oxygens (including phenoxy) is 2. The van der Waals surface area contributed by atoms with Crippen molar-refractivity contribution in [2.24, 2.45) is 11.5 Å². The molecule has 4 N–H and O–H groups in total. The molecule has 0 saturated carbocycles. The van der Waals surface area contributed by atoms with Gasteiger partial charge >= 0.3 is 0 Å². The lowest BCUT2D eigenvalue weighted by atomic mass is 10.1. The Kier molecular flexibility index (Phi) is 5.06. The summed E-state index contributed by atoms with van der Waals surface area (Å²) < 4.78 is 10.5. The summed E-state index contributed by atoms with van der Waals surface area (Å²) in [6.07, 6.45) is 0.574. The van der Waals surface area contributed by atoms with Gasteiger partial charge in [-0.3, -0.25) is 4.79 Å². The molecule has 0 aliphatic rings. The molecule has 6 heteroatoms. The van der Waals surface area contributed by atoms with Crippen molar-refractivity contribution < 1.29 is 14.3 Å². The number of carbonyl (C=O) groups is 1. The Morgan fingerprint density at radius 3 is 2.71 bits per heavy atom. The zero-order valence-electron chi connectivity index (χ0n) is 9.53. The Labute approximate surface area is 105 Å². The first-order chi connectivity index (χ1) is 8.08. The van der Waals surface area contributed by atoms with Crippen LogP contribution in [0.4, 0.5) is 0 Å². The van der Waals surface area contributed by atoms with Crippen molar-refractivity contribution in [2.75, 3.05) is 20.3 Å². The minimum absolute atomic E-state index is 0.213. The summed E-state index contributed by atoms with van der Waals surface area (Å²) in [5.74, 6) is 0.365. The second kappa shape index (κ2) is 6.32. The van der Waals surface area contributed by atoms with Gasteiger partial charge in [0.1, 0.15) is 0 Å². The second-order valence-electron chi connectivity index (χ2n) is 3.39. The summed E-state index contributed by atoms with van der Waals surface area (Å²) in [5, 5.41) is 0.525. The van der Waals surface area contributed by atoms with Crippen molar-refractivity contribution >= 4 is 17.5 Å². The lowest BCUT2D eigenvalue weighted by Crippen LogP contribution is -2.21. The van der Waals surface area contributed by atoms with Gasteiger partial charge in [-0.15, -0.1) is 0 Å². The molecule has 0 radical (unpaired) electrons. The number of rotatable bonds is 6. The van der Waals surface area contributed by atoms with Crippen LogP contribution in [0.25, 0.3) is 0 Å². The summed E-state index contributed by atoms with van der Waals surface area (Å²) in [6, 6.07) is 3.34. The second-order valence-corrected chi connectivity index (χ2v) is 3.83. The van der Waals surface area contributed by atoms with Crippen LogP contribution in [0.3, 0.4) is 0 Å². The van der Waals surface area contributed by atoms with E-state index >= 15 is 0 Å². The predicted molar refractivity (Wildman–Crippen MR) is 65.5 cm³/mol. The maximum Gasteiger partial charge on any atom is 0.255 e. The monoisotopic (exact) mass is 258 g/mol. The van der Waals surface area contributed by atoms with Gasteiger partial charge in [0, 0.05) is 16.7 Å². The third-order valence-electron chi connectivity index (χ3n) is 2.09. The van der Waals surface area contributed by atoms with Gasteiger partial charge in [-0.25, -0.2) is 0 Å². The molecule has 0 spiro atoms. The van der Waals surface area contributed by atoms with E-state index in [9.17, 15) is 4.79 Å². The van der Waals surface area contributed by atoms with Crippen LogP contribution in [-0.4, -0.2) is 26.2 Å². The fourth-order valence-electron chi connectivity index (χ4n) is 1.42. The van der Waals surface area contributed by atoms with E-state index < -0.39 is 5.91 Å². The van der Waals surface area contributed by atoms with Gasteiger partial charge in [0.15, 0.2) is 18.1 Å². The molecule has 17 heavy (non-hydrogen) atoms. The summed E-state index contributed by atoms with van der Waals surface area (Å²) in [5.41, 5.74) is 11.3. The van der Waals surface area contributed by atoms with Crippen molar-refractivity contribution in [2.45, 2.75) is 6.42 Å². The van der Waals surface area contributed by atoms with Crippen LogP contribution >= 0.6 is 11.6 Å². The normalized spacial score (nSPS) is 10.1. The molecule has 0 aliphatic carbocycles. The summed E-state index contributed by atoms with van der Waals surface area (Å²) in [4.78, 5) is 10.7. The SMILES string of the molecule is COc1cc(Cl)cc(CCN)c1OCC(N)=O. The third kappa shape index (κ3) is 3.80. The average Bonchev–Trinajstić information content (AvgIpc) is 2.27. The molecule has 0 aromatic heterocycles. The van der Waals surface area contributed by atoms with Crippen LogP contribution in [-0.2, 0) is 11.2 Å². The topological polar surface area (TPSA) is 87.6 Å². The highest BCUT2D eigenvalue weighted by Crippen LogP contribution is 2.34. The van der Waals surface area contributed by atoms with Crippen molar-refractivity contribution in [3.05, 3.63) is 22.7 Å². The maximum atomic E-state index is 10.7. The van der Waals surface area contributed by atoms with Gasteiger partial charge in [0.05, 0.1) is 7.11 Å². The number of hydrogen-bond donors (Lipinski definition) is 2. The number of benzene rings is 1. The average molecular weight is 259 g/mol. The molecule has 94 valence electrons. The van der Waals surface area contributed by atoms with E-state index in [2.05, 4.69) is 0 Å². The van der Waals surface area contributed by atoms with E-state index in [1.165, 1.54) is 7.11 Å². The van der Waals surface area contributed by atoms with Gasteiger partial charge in [0.25, 0.3) is 5.91 Å². The zero-order valence-corrected chi connectivity index (χ0v) is 10.3. The molecule has 1 rings (SSSR count). The fourth-order valence-corrected chi connectivity index (χ4v) is 1.65. The van der Waals surface area contributed by atoms with Crippen molar-refractivity contribution in [3.63, 3.8) is 0 Å². The van der Waals surface area contributed by atoms with Crippen LogP contribution in [0.5, 0.6) is 11.5 Å². The fraction of sp³-hybridized carbons (Fsp3) is 0.364. The molecular weight excluding hydrogens is 244 g/mol. The van der Waals surface area contributed by atoms with Gasteiger partial charge in [0.2, 0.25) is 0 Å². The highest BCUT2D eigenvalue weighted by Gasteiger charge is 2.13. The first-order valence-corrected chi connectivity index (χ1v) is 5.43. The molecule has 5 nitrogen and oxygen atoms in total. The molecule has 0 atom stereocenters. The Hall–Kier alpha value is -1.46. The largest absolute Gasteiger partial charge is 0.493 e. The minimum Gasteiger partial charge on any atom is -0.493 e. The minimum atomic E-state index is -0.555. The first-order valence-electron chi connectivity index (χ1n) is 5.06. The van der Waals surface area contributed by atoms with Crippen LogP contribution in [0.15, 0.2) is 12.1 Å². The van der Waals surface area contributed by atoms with Gasteiger partial charge in [-0.05, 0) is 19.0 Å². The molecule has 0 unspecified atom stereocenters. The molecular formula is C11H15ClN2O3. The summed E-state index contributed by atoms with van der Waals surface area (Å²) >= 11 is 5.93. The van der Waals surface area contributed by atoms with E-state index in [-0.39, 0.29) is 6.61 Å². The van der Waals surface area contributed by atoms with Crippen molar-refractivity contribution in [1.29, 1.82) is 0 Å². The quantitative estimate of drug-likeness (QED) is 0.787. The zero-order chi connectivity index (χ0) is 12.8. The van der Waals surface area contributed by atoms with Crippen LogP contribution in [0.1, 0.15) is 5.56 Å². The predicted octanol–water partition coefficient (Wildman–Crippen LogP) is 0.714. The van der Waals surface area contributed by atoms with Crippen molar-refractivity contribution in [1.82, 2.24) is 0 Å². The molecule has 0 saturated heterocycles. The summed E-state index contributed by atoms with van der Waals surface area (Å²) in [6.45, 7) is 0.228. The van der Waals surface area contributed by atoms with Crippen LogP contribution in [0, 0.1) is 0 Å². The first kappa shape index (κ1) is 13.6. The Morgan fingerprint density at radius 2 is 2.18 bits per heavy atom. The van der Waals surface area contributed by atoms with Gasteiger partial charge in [-0.1, -0.05) is 11.6 Å². The van der Waals surface area contributed by atoms with E-state index in [4.69, 9.17) is 32.5 Å². The van der Waals surface area contributed by atoms with Crippen LogP contribution < -0.4 is 20.9 Å². The maximum absolute atomic E-state index is 10.7. The Morgan fingerprint density at radius 1 is 1.47 bits per heavy atom. The van der Waals surface area contributed by atoms with E-state index in [0.29, 0.717) is 29.5 Å². The summed E-state index contributed by atoms with van der Waals surface area (Å²) in [7, 11) is 1.50. The van der Waals surface area contributed by atoms with E-state index in [0.717, 1.165) is 5.56 Å². The molecule has 0 aliphatic heterocycles. The molecule has 1 aromatic rings. The Bertz CT molecular complexity index is 410. The van der Waals surface area contributed by atoms with Gasteiger partial charge < -0.3 is 20.9 Å². The molecule has 1 amide bonds. The lowest BCUT2D eigenvalue weighted by Gasteiger charge is -2.14. The highest BCUT2D eigenvalue weighted by molar-refractivity contribution is 6.30. The number of methoxy groups -OCH3 is 1. The lowest BCUT2D eigenvalue weighted by molar-refractivity contribution is -0.119. The molecule has 0 fully saturated rings. The standard InChI is InChI=1S/C11H15ClN2O3/c1-16-9-5-8(12)4-7(2-3-13)11(9)17-6-10(14)15/h4-5H,2-3,6,13H2,1H3,(H2,14,15). The molecule has 0 bridgehead atoms. The third-order valence-corrected chi connectivity index (χ3v) is 2.31. The van der Waals surface area contributed by atoms with Crippen LogP contribution in [0.2, 0.25) is 5.02 Å². The smallest absolute Gasteiger partial charge is 0.255 e. The number of hydrogen-bond acceptors (Lipinski definition) is 4. The Balaban J connectivity index is 3.07. The van der Waals surface area contributed by atoms with E-state index in [1.54, 1.807) is 12.1 Å². The number of halogens is 1. The number of primary amides is 1. The van der Waals surface area contributed by atoms with Crippen molar-refractivity contribution in [3.8, 4) is 11.5 Å². The number of carbonyl (C=O) groups excluding carboxylic acids is 1. The number of amides is 1. The molecule has 0 heterocycles. The molecule has 1 aromatic carbocycles. The highest BCUT2D eigenvalue weighted by atomic mass is 35.5. The number of nitrogens with two attached hydrogens (primary N) is 2. The van der Waals surface area contributed by atoms with E-state index in [1.807, 2.05) is 0 Å². The van der Waals surface area contributed by atoms with Gasteiger partial charge in [-0.2, -0.15) is 0 Å².